The maximum absolute atomic E-state index is 12.6. The minimum Gasteiger partial charge on any atom is -0.366 e. The average Bonchev–Trinajstić information content (AvgIpc) is 3.16. The lowest BCUT2D eigenvalue weighted by Crippen LogP contribution is -2.53. The highest BCUT2D eigenvalue weighted by molar-refractivity contribution is 7.80. The zero-order valence-corrected chi connectivity index (χ0v) is 15.3. The summed E-state index contributed by atoms with van der Waals surface area (Å²) in [5, 5.41) is 14.0. The SMILES string of the molecule is C=CCN1C(=O)/C(=C/c2ccc(N3CCCC3)c([N+](=O)[O-])c2)C(=O)NC1=S. The average molecular weight is 386 g/mol. The van der Waals surface area contributed by atoms with Gasteiger partial charge in [-0.15, -0.1) is 6.58 Å². The number of nitro groups is 1. The summed E-state index contributed by atoms with van der Waals surface area (Å²) < 4.78 is 0. The van der Waals surface area contributed by atoms with Crippen LogP contribution in [0.4, 0.5) is 11.4 Å². The van der Waals surface area contributed by atoms with Gasteiger partial charge in [-0.25, -0.2) is 0 Å². The molecule has 0 radical (unpaired) electrons. The number of hydrogen-bond donors (Lipinski definition) is 1. The summed E-state index contributed by atoms with van der Waals surface area (Å²) in [6.45, 7) is 5.27. The number of anilines is 1. The molecule has 140 valence electrons. The van der Waals surface area contributed by atoms with Crippen LogP contribution in [0.1, 0.15) is 18.4 Å². The van der Waals surface area contributed by atoms with Crippen LogP contribution in [0.25, 0.3) is 6.08 Å². The molecule has 2 aliphatic heterocycles. The quantitative estimate of drug-likeness (QED) is 0.208. The molecule has 1 aromatic carbocycles. The first kappa shape index (κ1) is 18.7. The fraction of sp³-hybridized carbons (Fsp3) is 0.278. The number of hydrogen-bond acceptors (Lipinski definition) is 6. The molecule has 0 spiro atoms. The van der Waals surface area contributed by atoms with Crippen LogP contribution in [0.3, 0.4) is 0 Å². The first-order chi connectivity index (χ1) is 12.9. The van der Waals surface area contributed by atoms with Gasteiger partial charge >= 0.3 is 0 Å². The minimum atomic E-state index is -0.628. The summed E-state index contributed by atoms with van der Waals surface area (Å²) in [4.78, 5) is 39.0. The van der Waals surface area contributed by atoms with Gasteiger partial charge in [0.25, 0.3) is 17.5 Å². The molecule has 0 unspecified atom stereocenters. The Bertz CT molecular complexity index is 874. The third-order valence-electron chi connectivity index (χ3n) is 4.45. The second-order valence-electron chi connectivity index (χ2n) is 6.22. The smallest absolute Gasteiger partial charge is 0.293 e. The predicted octanol–water partition coefficient (Wildman–Crippen LogP) is 2.01. The lowest BCUT2D eigenvalue weighted by atomic mass is 10.1. The van der Waals surface area contributed by atoms with Crippen LogP contribution in [-0.4, -0.2) is 46.4 Å². The van der Waals surface area contributed by atoms with Gasteiger partial charge in [0.05, 0.1) is 4.92 Å². The van der Waals surface area contributed by atoms with Gasteiger partial charge in [-0.2, -0.15) is 0 Å². The summed E-state index contributed by atoms with van der Waals surface area (Å²) in [6, 6.07) is 4.71. The minimum absolute atomic E-state index is 0.0115. The van der Waals surface area contributed by atoms with Crippen molar-refractivity contribution in [3.8, 4) is 0 Å². The van der Waals surface area contributed by atoms with Crippen LogP contribution in [0, 0.1) is 10.1 Å². The van der Waals surface area contributed by atoms with E-state index in [0.29, 0.717) is 11.3 Å². The topological polar surface area (TPSA) is 95.8 Å². The molecule has 3 rings (SSSR count). The van der Waals surface area contributed by atoms with Crippen LogP contribution in [0.2, 0.25) is 0 Å². The van der Waals surface area contributed by atoms with E-state index in [1.54, 1.807) is 12.1 Å². The summed E-state index contributed by atoms with van der Waals surface area (Å²) in [5.41, 5.74) is 0.769. The molecule has 2 saturated heterocycles. The first-order valence-electron chi connectivity index (χ1n) is 8.45. The van der Waals surface area contributed by atoms with E-state index in [9.17, 15) is 19.7 Å². The summed E-state index contributed by atoms with van der Waals surface area (Å²) in [6.07, 6.45) is 4.83. The summed E-state index contributed by atoms with van der Waals surface area (Å²) in [5.74, 6) is -1.19. The van der Waals surface area contributed by atoms with Crippen molar-refractivity contribution >= 4 is 46.6 Å². The van der Waals surface area contributed by atoms with Gasteiger partial charge < -0.3 is 4.90 Å². The number of amides is 2. The van der Waals surface area contributed by atoms with Crippen molar-refractivity contribution in [1.82, 2.24) is 10.2 Å². The van der Waals surface area contributed by atoms with Gasteiger partial charge in [0, 0.05) is 25.7 Å². The largest absolute Gasteiger partial charge is 0.366 e. The maximum Gasteiger partial charge on any atom is 0.293 e. The van der Waals surface area contributed by atoms with Gasteiger partial charge in [0.2, 0.25) is 0 Å². The summed E-state index contributed by atoms with van der Waals surface area (Å²) >= 11 is 5.00. The van der Waals surface area contributed by atoms with E-state index in [0.717, 1.165) is 25.9 Å². The Morgan fingerprint density at radius 3 is 2.63 bits per heavy atom. The molecule has 8 nitrogen and oxygen atoms in total. The van der Waals surface area contributed by atoms with Gasteiger partial charge in [-0.1, -0.05) is 12.1 Å². The predicted molar refractivity (Wildman–Crippen MR) is 105 cm³/mol. The van der Waals surface area contributed by atoms with Crippen LogP contribution in [0.15, 0.2) is 36.4 Å². The normalized spacial score (nSPS) is 18.8. The van der Waals surface area contributed by atoms with E-state index in [1.807, 2.05) is 4.90 Å². The van der Waals surface area contributed by atoms with Gasteiger partial charge in [0.1, 0.15) is 11.3 Å². The van der Waals surface area contributed by atoms with Crippen LogP contribution in [0.5, 0.6) is 0 Å². The monoisotopic (exact) mass is 386 g/mol. The van der Waals surface area contributed by atoms with Crippen molar-refractivity contribution < 1.29 is 14.5 Å². The lowest BCUT2D eigenvalue weighted by molar-refractivity contribution is -0.384. The highest BCUT2D eigenvalue weighted by Crippen LogP contribution is 2.32. The molecule has 1 N–H and O–H groups in total. The van der Waals surface area contributed by atoms with Gasteiger partial charge in [0.15, 0.2) is 5.11 Å². The fourth-order valence-corrected chi connectivity index (χ4v) is 3.41. The van der Waals surface area contributed by atoms with Crippen LogP contribution < -0.4 is 10.2 Å². The number of nitro benzene ring substituents is 1. The number of nitrogens with one attached hydrogen (secondary N) is 1. The Morgan fingerprint density at radius 1 is 1.30 bits per heavy atom. The van der Waals surface area contributed by atoms with Crippen molar-refractivity contribution in [3.05, 3.63) is 52.1 Å². The number of carbonyl (C=O) groups excluding carboxylic acids is 2. The Hall–Kier alpha value is -3.07. The highest BCUT2D eigenvalue weighted by Gasteiger charge is 2.33. The molecule has 2 aliphatic rings. The third kappa shape index (κ3) is 3.72. The van der Waals surface area contributed by atoms with Gasteiger partial charge in [-0.3, -0.25) is 29.9 Å². The second kappa shape index (κ2) is 7.67. The zero-order valence-electron chi connectivity index (χ0n) is 14.5. The molecular formula is C18H18N4O4S. The lowest BCUT2D eigenvalue weighted by Gasteiger charge is -2.27. The number of carbonyl (C=O) groups is 2. The molecule has 0 aromatic heterocycles. The molecule has 2 heterocycles. The van der Waals surface area contributed by atoms with E-state index in [2.05, 4.69) is 11.9 Å². The third-order valence-corrected chi connectivity index (χ3v) is 4.77. The second-order valence-corrected chi connectivity index (χ2v) is 6.61. The summed E-state index contributed by atoms with van der Waals surface area (Å²) in [7, 11) is 0. The number of thiocarbonyl (C=S) groups is 1. The number of benzene rings is 1. The Morgan fingerprint density at radius 2 is 2.00 bits per heavy atom. The molecule has 0 bridgehead atoms. The first-order valence-corrected chi connectivity index (χ1v) is 8.86. The Balaban J connectivity index is 1.97. The van der Waals surface area contributed by atoms with E-state index in [1.165, 1.54) is 23.1 Å². The maximum atomic E-state index is 12.6. The van der Waals surface area contributed by atoms with E-state index >= 15 is 0 Å². The van der Waals surface area contributed by atoms with Crippen molar-refractivity contribution in [2.24, 2.45) is 0 Å². The molecule has 0 atom stereocenters. The van der Waals surface area contributed by atoms with Crippen LogP contribution >= 0.6 is 12.2 Å². The zero-order chi connectivity index (χ0) is 19.6. The van der Waals surface area contributed by atoms with Crippen molar-refractivity contribution in [2.45, 2.75) is 12.8 Å². The molecule has 0 saturated carbocycles. The van der Waals surface area contributed by atoms with E-state index < -0.39 is 16.7 Å². The highest BCUT2D eigenvalue weighted by atomic mass is 32.1. The molecule has 2 fully saturated rings. The van der Waals surface area contributed by atoms with E-state index in [4.69, 9.17) is 12.2 Å². The fourth-order valence-electron chi connectivity index (χ4n) is 3.16. The van der Waals surface area contributed by atoms with Crippen molar-refractivity contribution in [1.29, 1.82) is 0 Å². The van der Waals surface area contributed by atoms with Crippen LogP contribution in [-0.2, 0) is 9.59 Å². The number of nitrogens with zero attached hydrogens (tertiary/aromatic N) is 3. The Kier molecular flexibility index (Phi) is 5.31. The molecule has 2 amide bonds. The van der Waals surface area contributed by atoms with Crippen molar-refractivity contribution in [2.75, 3.05) is 24.5 Å². The standard InChI is InChI=1S/C18H18N4O4S/c1-2-7-21-17(24)13(16(23)19-18(21)27)10-12-5-6-14(15(11-12)22(25)26)20-8-3-4-9-20/h2,5-6,10-11H,1,3-4,7-9H2,(H,19,23,27)/b13-10+. The van der Waals surface area contributed by atoms with E-state index in [-0.39, 0.29) is 22.9 Å². The Labute approximate surface area is 161 Å². The van der Waals surface area contributed by atoms with Gasteiger partial charge in [-0.05, 0) is 42.8 Å². The molecule has 27 heavy (non-hydrogen) atoms. The van der Waals surface area contributed by atoms with Crippen molar-refractivity contribution in [3.63, 3.8) is 0 Å². The number of rotatable bonds is 5. The molecular weight excluding hydrogens is 368 g/mol. The molecule has 1 aromatic rings. The molecule has 9 heteroatoms. The molecule has 0 aliphatic carbocycles.